The second-order valence-corrected chi connectivity index (χ2v) is 3.90. The molecule has 0 saturated heterocycles. The standard InChI is InChI=1S/C11H6ClN3O3/c12-8-5-4-7(18-8)10-13-9-3-1-2-6(11(16)17)15(9)14-10/h1-5H,(H,16,17). The highest BCUT2D eigenvalue weighted by Crippen LogP contribution is 2.22. The van der Waals surface area contributed by atoms with Crippen LogP contribution in [0, 0.1) is 0 Å². The number of furan rings is 1. The van der Waals surface area contributed by atoms with Crippen LogP contribution in [0.3, 0.4) is 0 Å². The van der Waals surface area contributed by atoms with Crippen molar-refractivity contribution in [2.75, 3.05) is 0 Å². The summed E-state index contributed by atoms with van der Waals surface area (Å²) in [6, 6.07) is 7.90. The molecule has 0 aliphatic carbocycles. The fourth-order valence-electron chi connectivity index (χ4n) is 1.61. The molecule has 0 bridgehead atoms. The average molecular weight is 264 g/mol. The van der Waals surface area contributed by atoms with Gasteiger partial charge >= 0.3 is 5.97 Å². The van der Waals surface area contributed by atoms with Gasteiger partial charge in [-0.25, -0.2) is 14.3 Å². The van der Waals surface area contributed by atoms with Gasteiger partial charge in [0.25, 0.3) is 0 Å². The van der Waals surface area contributed by atoms with Crippen molar-refractivity contribution in [1.29, 1.82) is 0 Å². The van der Waals surface area contributed by atoms with Crippen LogP contribution in [0.4, 0.5) is 0 Å². The molecule has 0 aromatic carbocycles. The zero-order valence-electron chi connectivity index (χ0n) is 8.87. The minimum Gasteiger partial charge on any atom is -0.477 e. The topological polar surface area (TPSA) is 80.6 Å². The summed E-state index contributed by atoms with van der Waals surface area (Å²) in [6.07, 6.45) is 0. The van der Waals surface area contributed by atoms with Gasteiger partial charge in [0.15, 0.2) is 22.3 Å². The molecular weight excluding hydrogens is 258 g/mol. The molecule has 0 radical (unpaired) electrons. The van der Waals surface area contributed by atoms with Gasteiger partial charge in [-0.1, -0.05) is 6.07 Å². The summed E-state index contributed by atoms with van der Waals surface area (Å²) < 4.78 is 6.42. The average Bonchev–Trinajstić information content (AvgIpc) is 2.93. The van der Waals surface area contributed by atoms with Crippen LogP contribution < -0.4 is 0 Å². The number of halogens is 1. The number of aromatic carboxylic acids is 1. The highest BCUT2D eigenvalue weighted by atomic mass is 35.5. The number of pyridine rings is 1. The number of nitrogens with zero attached hydrogens (tertiary/aromatic N) is 3. The van der Waals surface area contributed by atoms with Gasteiger partial charge in [-0.2, -0.15) is 0 Å². The van der Waals surface area contributed by atoms with Gasteiger partial charge in [0.05, 0.1) is 0 Å². The summed E-state index contributed by atoms with van der Waals surface area (Å²) in [4.78, 5) is 15.2. The summed E-state index contributed by atoms with van der Waals surface area (Å²) in [5, 5.41) is 13.3. The SMILES string of the molecule is O=C(O)c1cccc2nc(-c3ccc(Cl)o3)nn12. The van der Waals surface area contributed by atoms with Gasteiger partial charge < -0.3 is 9.52 Å². The van der Waals surface area contributed by atoms with Crippen molar-refractivity contribution in [3.63, 3.8) is 0 Å². The van der Waals surface area contributed by atoms with Gasteiger partial charge in [-0.15, -0.1) is 5.10 Å². The normalized spacial score (nSPS) is 10.9. The van der Waals surface area contributed by atoms with Gasteiger partial charge in [-0.05, 0) is 35.9 Å². The number of hydrogen-bond acceptors (Lipinski definition) is 4. The van der Waals surface area contributed by atoms with Gasteiger partial charge in [-0.3, -0.25) is 0 Å². The quantitative estimate of drug-likeness (QED) is 0.767. The van der Waals surface area contributed by atoms with Gasteiger partial charge in [0, 0.05) is 0 Å². The highest BCUT2D eigenvalue weighted by molar-refractivity contribution is 6.28. The molecule has 0 aliphatic rings. The molecule has 0 amide bonds. The van der Waals surface area contributed by atoms with E-state index in [1.165, 1.54) is 10.6 Å². The fourth-order valence-corrected chi connectivity index (χ4v) is 1.75. The van der Waals surface area contributed by atoms with Crippen LogP contribution in [-0.4, -0.2) is 25.7 Å². The van der Waals surface area contributed by atoms with Crippen molar-refractivity contribution in [3.8, 4) is 11.6 Å². The van der Waals surface area contributed by atoms with Crippen LogP contribution in [0.15, 0.2) is 34.7 Å². The maximum Gasteiger partial charge on any atom is 0.354 e. The van der Waals surface area contributed by atoms with Crippen molar-refractivity contribution >= 4 is 23.2 Å². The van der Waals surface area contributed by atoms with Crippen LogP contribution in [0.5, 0.6) is 0 Å². The van der Waals surface area contributed by atoms with Crippen molar-refractivity contribution in [2.45, 2.75) is 0 Å². The Morgan fingerprint density at radius 2 is 2.17 bits per heavy atom. The van der Waals surface area contributed by atoms with Crippen LogP contribution in [0.1, 0.15) is 10.5 Å². The predicted molar refractivity (Wildman–Crippen MR) is 62.7 cm³/mol. The van der Waals surface area contributed by atoms with E-state index in [0.29, 0.717) is 11.4 Å². The summed E-state index contributed by atoms with van der Waals surface area (Å²) >= 11 is 5.67. The number of rotatable bonds is 2. The monoisotopic (exact) mass is 263 g/mol. The first kappa shape index (κ1) is 10.8. The Labute approximate surface area is 105 Å². The van der Waals surface area contributed by atoms with Crippen molar-refractivity contribution in [2.24, 2.45) is 0 Å². The molecular formula is C11H6ClN3O3. The first-order chi connectivity index (χ1) is 8.65. The van der Waals surface area contributed by atoms with Crippen LogP contribution >= 0.6 is 11.6 Å². The molecule has 3 aromatic heterocycles. The molecule has 0 atom stereocenters. The summed E-state index contributed by atoms with van der Waals surface area (Å²) in [6.45, 7) is 0. The predicted octanol–water partition coefficient (Wildman–Crippen LogP) is 2.34. The maximum atomic E-state index is 11.0. The number of hydrogen-bond donors (Lipinski definition) is 1. The van der Waals surface area contributed by atoms with Crippen LogP contribution in [0.2, 0.25) is 5.22 Å². The van der Waals surface area contributed by atoms with E-state index in [-0.39, 0.29) is 16.7 Å². The lowest BCUT2D eigenvalue weighted by atomic mass is 10.3. The molecule has 1 N–H and O–H groups in total. The van der Waals surface area contributed by atoms with Crippen LogP contribution in [0.25, 0.3) is 17.2 Å². The second-order valence-electron chi connectivity index (χ2n) is 3.53. The lowest BCUT2D eigenvalue weighted by molar-refractivity contribution is 0.0687. The largest absolute Gasteiger partial charge is 0.477 e. The van der Waals surface area contributed by atoms with E-state index in [9.17, 15) is 4.79 Å². The molecule has 7 heteroatoms. The maximum absolute atomic E-state index is 11.0. The Balaban J connectivity index is 2.22. The van der Waals surface area contributed by atoms with E-state index < -0.39 is 5.97 Å². The van der Waals surface area contributed by atoms with Crippen molar-refractivity contribution < 1.29 is 14.3 Å². The Kier molecular flexibility index (Phi) is 2.31. The minimum absolute atomic E-state index is 0.0314. The van der Waals surface area contributed by atoms with E-state index in [1.54, 1.807) is 24.3 Å². The zero-order valence-corrected chi connectivity index (χ0v) is 9.63. The molecule has 3 aromatic rings. The second kappa shape index (κ2) is 3.85. The van der Waals surface area contributed by atoms with Gasteiger partial charge in [0.1, 0.15) is 0 Å². The molecule has 18 heavy (non-hydrogen) atoms. The Hall–Kier alpha value is -2.34. The van der Waals surface area contributed by atoms with Crippen molar-refractivity contribution in [1.82, 2.24) is 14.6 Å². The Bertz CT molecular complexity index is 747. The molecule has 3 rings (SSSR count). The minimum atomic E-state index is -1.07. The first-order valence-electron chi connectivity index (χ1n) is 5.00. The van der Waals surface area contributed by atoms with E-state index >= 15 is 0 Å². The number of carbonyl (C=O) groups is 1. The third-order valence-electron chi connectivity index (χ3n) is 2.37. The molecule has 0 aliphatic heterocycles. The highest BCUT2D eigenvalue weighted by Gasteiger charge is 2.14. The summed E-state index contributed by atoms with van der Waals surface area (Å²) in [7, 11) is 0. The molecule has 0 unspecified atom stereocenters. The lowest BCUT2D eigenvalue weighted by Crippen LogP contribution is -2.05. The molecule has 0 saturated carbocycles. The van der Waals surface area contributed by atoms with Crippen molar-refractivity contribution in [3.05, 3.63) is 41.2 Å². The molecule has 0 fully saturated rings. The number of aromatic nitrogens is 3. The molecule has 90 valence electrons. The molecule has 3 heterocycles. The Morgan fingerprint density at radius 3 is 2.83 bits per heavy atom. The van der Waals surface area contributed by atoms with Crippen LogP contribution in [-0.2, 0) is 0 Å². The number of fused-ring (bicyclic) bond motifs is 1. The van der Waals surface area contributed by atoms with E-state index in [4.69, 9.17) is 21.1 Å². The summed E-state index contributed by atoms with van der Waals surface area (Å²) in [5.41, 5.74) is 0.460. The fraction of sp³-hybridized carbons (Fsp3) is 0. The molecule has 0 spiro atoms. The third kappa shape index (κ3) is 1.63. The zero-order chi connectivity index (χ0) is 12.7. The lowest BCUT2D eigenvalue weighted by Gasteiger charge is -1.96. The smallest absolute Gasteiger partial charge is 0.354 e. The van der Waals surface area contributed by atoms with E-state index in [1.807, 2.05) is 0 Å². The molecule has 6 nitrogen and oxygen atoms in total. The van der Waals surface area contributed by atoms with E-state index in [0.717, 1.165) is 0 Å². The number of carboxylic acid groups (broad SMARTS) is 1. The Morgan fingerprint density at radius 1 is 1.33 bits per heavy atom. The summed E-state index contributed by atoms with van der Waals surface area (Å²) in [5.74, 6) is -0.398. The van der Waals surface area contributed by atoms with Gasteiger partial charge in [0.2, 0.25) is 5.82 Å². The van der Waals surface area contributed by atoms with E-state index in [2.05, 4.69) is 10.1 Å². The first-order valence-corrected chi connectivity index (χ1v) is 5.38. The third-order valence-corrected chi connectivity index (χ3v) is 2.58. The number of carboxylic acids is 1.